The number of hydrogen-bond acceptors (Lipinski definition) is 5. The largest absolute Gasteiger partial charge is 0.494 e. The standard InChI is InChI=1S/C17H23N3O4/c1-11-9-14(23-2)15(18-10-11)16(21)19-13-3-6-20(17(13)22)12-4-7-24-8-5-12/h9-10,12-13H,3-8H2,1-2H3,(H,19,21). The van der Waals surface area contributed by atoms with Crippen LogP contribution in [0.15, 0.2) is 12.3 Å². The van der Waals surface area contributed by atoms with Crippen LogP contribution in [0.2, 0.25) is 0 Å². The molecular formula is C17H23N3O4. The van der Waals surface area contributed by atoms with Crippen molar-refractivity contribution in [3.8, 4) is 5.75 Å². The molecule has 0 saturated carbocycles. The van der Waals surface area contributed by atoms with Gasteiger partial charge in [-0.05, 0) is 37.8 Å². The monoisotopic (exact) mass is 333 g/mol. The number of likely N-dealkylation sites (tertiary alicyclic amines) is 1. The zero-order chi connectivity index (χ0) is 17.1. The van der Waals surface area contributed by atoms with Crippen LogP contribution in [-0.4, -0.2) is 60.7 Å². The van der Waals surface area contributed by atoms with Gasteiger partial charge in [0, 0.05) is 32.0 Å². The van der Waals surface area contributed by atoms with E-state index in [0.717, 1.165) is 18.4 Å². The fourth-order valence-corrected chi connectivity index (χ4v) is 3.29. The molecule has 3 heterocycles. The number of hydrogen-bond donors (Lipinski definition) is 1. The van der Waals surface area contributed by atoms with Gasteiger partial charge in [-0.3, -0.25) is 9.59 Å². The number of amides is 2. The van der Waals surface area contributed by atoms with Crippen LogP contribution in [0.3, 0.4) is 0 Å². The Labute approximate surface area is 141 Å². The SMILES string of the molecule is COc1cc(C)cnc1C(=O)NC1CCN(C2CCOCC2)C1=O. The van der Waals surface area contributed by atoms with Gasteiger partial charge in [-0.15, -0.1) is 0 Å². The van der Waals surface area contributed by atoms with Crippen molar-refractivity contribution in [2.24, 2.45) is 0 Å². The molecule has 2 aliphatic rings. The zero-order valence-electron chi connectivity index (χ0n) is 14.1. The minimum absolute atomic E-state index is 0.0127. The van der Waals surface area contributed by atoms with Gasteiger partial charge in [0.15, 0.2) is 5.69 Å². The maximum Gasteiger partial charge on any atom is 0.274 e. The maximum atomic E-state index is 12.6. The molecule has 0 bridgehead atoms. The number of methoxy groups -OCH3 is 1. The minimum atomic E-state index is -0.492. The number of pyridine rings is 1. The lowest BCUT2D eigenvalue weighted by Crippen LogP contribution is -2.46. The Kier molecular flexibility index (Phi) is 4.99. The fourth-order valence-electron chi connectivity index (χ4n) is 3.29. The van der Waals surface area contributed by atoms with Crippen LogP contribution in [0.4, 0.5) is 0 Å². The third-order valence-corrected chi connectivity index (χ3v) is 4.60. The second kappa shape index (κ2) is 7.17. The normalized spacial score (nSPS) is 21.8. The van der Waals surface area contributed by atoms with Gasteiger partial charge in [0.2, 0.25) is 5.91 Å². The molecule has 0 aliphatic carbocycles. The Bertz CT molecular complexity index is 628. The van der Waals surface area contributed by atoms with E-state index in [-0.39, 0.29) is 23.6 Å². The van der Waals surface area contributed by atoms with Gasteiger partial charge in [0.1, 0.15) is 11.8 Å². The Hall–Kier alpha value is -2.15. The van der Waals surface area contributed by atoms with Crippen LogP contribution < -0.4 is 10.1 Å². The van der Waals surface area contributed by atoms with Crippen molar-refractivity contribution in [3.63, 3.8) is 0 Å². The highest BCUT2D eigenvalue weighted by Gasteiger charge is 2.37. The Balaban J connectivity index is 1.66. The first-order valence-electron chi connectivity index (χ1n) is 8.30. The summed E-state index contributed by atoms with van der Waals surface area (Å²) in [6.45, 7) is 3.93. The first-order valence-corrected chi connectivity index (χ1v) is 8.30. The van der Waals surface area contributed by atoms with Gasteiger partial charge in [0.05, 0.1) is 7.11 Å². The van der Waals surface area contributed by atoms with E-state index in [2.05, 4.69) is 10.3 Å². The zero-order valence-corrected chi connectivity index (χ0v) is 14.1. The van der Waals surface area contributed by atoms with E-state index < -0.39 is 6.04 Å². The van der Waals surface area contributed by atoms with Crippen LogP contribution in [0.5, 0.6) is 5.75 Å². The predicted octanol–water partition coefficient (Wildman–Crippen LogP) is 0.908. The highest BCUT2D eigenvalue weighted by Crippen LogP contribution is 2.22. The summed E-state index contributed by atoms with van der Waals surface area (Å²) in [6, 6.07) is 1.49. The average Bonchev–Trinajstić information content (AvgIpc) is 2.96. The van der Waals surface area contributed by atoms with Gasteiger partial charge >= 0.3 is 0 Å². The summed E-state index contributed by atoms with van der Waals surface area (Å²) < 4.78 is 10.6. The molecule has 1 aromatic rings. The summed E-state index contributed by atoms with van der Waals surface area (Å²) in [6.07, 6.45) is 3.96. The molecule has 2 aliphatic heterocycles. The van der Waals surface area contributed by atoms with Crippen molar-refractivity contribution in [1.29, 1.82) is 0 Å². The van der Waals surface area contributed by atoms with E-state index in [4.69, 9.17) is 9.47 Å². The lowest BCUT2D eigenvalue weighted by Gasteiger charge is -2.31. The summed E-state index contributed by atoms with van der Waals surface area (Å²) >= 11 is 0. The second-order valence-electron chi connectivity index (χ2n) is 6.25. The molecule has 1 N–H and O–H groups in total. The molecule has 0 aromatic carbocycles. The Morgan fingerprint density at radius 2 is 2.12 bits per heavy atom. The quantitative estimate of drug-likeness (QED) is 0.886. The summed E-state index contributed by atoms with van der Waals surface area (Å²) in [5, 5.41) is 2.80. The summed E-state index contributed by atoms with van der Waals surface area (Å²) in [7, 11) is 1.50. The summed E-state index contributed by atoms with van der Waals surface area (Å²) in [4.78, 5) is 31.1. The molecule has 0 spiro atoms. The molecule has 7 heteroatoms. The Morgan fingerprint density at radius 3 is 2.83 bits per heavy atom. The van der Waals surface area contributed by atoms with Crippen molar-refractivity contribution >= 4 is 11.8 Å². The topological polar surface area (TPSA) is 80.8 Å². The lowest BCUT2D eigenvalue weighted by molar-refractivity contribution is -0.132. The molecule has 2 fully saturated rings. The van der Waals surface area contributed by atoms with Gasteiger partial charge < -0.3 is 19.7 Å². The van der Waals surface area contributed by atoms with E-state index in [1.807, 2.05) is 11.8 Å². The number of carbonyl (C=O) groups is 2. The molecule has 130 valence electrons. The first kappa shape index (κ1) is 16.7. The van der Waals surface area contributed by atoms with E-state index >= 15 is 0 Å². The van der Waals surface area contributed by atoms with Crippen LogP contribution in [0, 0.1) is 6.92 Å². The van der Waals surface area contributed by atoms with Crippen molar-refractivity contribution in [2.45, 2.75) is 38.3 Å². The number of ether oxygens (including phenoxy) is 2. The van der Waals surface area contributed by atoms with Crippen LogP contribution in [0.1, 0.15) is 35.3 Å². The molecule has 2 saturated heterocycles. The summed E-state index contributed by atoms with van der Waals surface area (Å²) in [5.74, 6) is 0.0274. The van der Waals surface area contributed by atoms with Crippen molar-refractivity contribution in [2.75, 3.05) is 26.9 Å². The third-order valence-electron chi connectivity index (χ3n) is 4.60. The number of nitrogens with zero attached hydrogens (tertiary/aromatic N) is 2. The van der Waals surface area contributed by atoms with Gasteiger partial charge in [-0.1, -0.05) is 0 Å². The Morgan fingerprint density at radius 1 is 1.38 bits per heavy atom. The van der Waals surface area contributed by atoms with Crippen LogP contribution >= 0.6 is 0 Å². The molecule has 24 heavy (non-hydrogen) atoms. The second-order valence-corrected chi connectivity index (χ2v) is 6.25. The number of carbonyl (C=O) groups excluding carboxylic acids is 2. The average molecular weight is 333 g/mol. The van der Waals surface area contributed by atoms with Crippen LogP contribution in [-0.2, 0) is 9.53 Å². The van der Waals surface area contributed by atoms with Gasteiger partial charge in [-0.2, -0.15) is 0 Å². The molecule has 1 aromatic heterocycles. The maximum absolute atomic E-state index is 12.6. The van der Waals surface area contributed by atoms with Gasteiger partial charge in [-0.25, -0.2) is 4.98 Å². The van der Waals surface area contributed by atoms with Crippen LogP contribution in [0.25, 0.3) is 0 Å². The highest BCUT2D eigenvalue weighted by atomic mass is 16.5. The first-order chi connectivity index (χ1) is 11.6. The van der Waals surface area contributed by atoms with Crippen molar-refractivity contribution in [1.82, 2.24) is 15.2 Å². The third kappa shape index (κ3) is 3.36. The minimum Gasteiger partial charge on any atom is -0.494 e. The summed E-state index contributed by atoms with van der Waals surface area (Å²) in [5.41, 5.74) is 1.12. The van der Waals surface area contributed by atoms with E-state index in [0.29, 0.717) is 31.9 Å². The van der Waals surface area contributed by atoms with E-state index in [1.165, 1.54) is 7.11 Å². The predicted molar refractivity (Wildman–Crippen MR) is 87.0 cm³/mol. The molecule has 2 amide bonds. The van der Waals surface area contributed by atoms with E-state index in [1.54, 1.807) is 12.3 Å². The number of aromatic nitrogens is 1. The van der Waals surface area contributed by atoms with Crippen molar-refractivity contribution < 1.29 is 19.1 Å². The molecule has 1 unspecified atom stereocenters. The highest BCUT2D eigenvalue weighted by molar-refractivity contribution is 5.98. The number of rotatable bonds is 4. The lowest BCUT2D eigenvalue weighted by atomic mass is 10.1. The molecular weight excluding hydrogens is 310 g/mol. The smallest absolute Gasteiger partial charge is 0.274 e. The molecule has 7 nitrogen and oxygen atoms in total. The van der Waals surface area contributed by atoms with Crippen molar-refractivity contribution in [3.05, 3.63) is 23.5 Å². The molecule has 3 rings (SSSR count). The number of nitrogens with one attached hydrogen (secondary N) is 1. The fraction of sp³-hybridized carbons (Fsp3) is 0.588. The molecule has 0 radical (unpaired) electrons. The van der Waals surface area contributed by atoms with E-state index in [9.17, 15) is 9.59 Å². The number of aryl methyl sites for hydroxylation is 1. The van der Waals surface area contributed by atoms with Gasteiger partial charge in [0.25, 0.3) is 5.91 Å². The molecule has 1 atom stereocenters.